The maximum atomic E-state index is 11.4. The van der Waals surface area contributed by atoms with Gasteiger partial charge in [-0.2, -0.15) is 0 Å². The molecule has 6 nitrogen and oxygen atoms in total. The number of rotatable bonds is 5. The Morgan fingerprint density at radius 2 is 1.95 bits per heavy atom. The molecule has 6 heteroatoms. The summed E-state index contributed by atoms with van der Waals surface area (Å²) in [5.74, 6) is -0.223. The third kappa shape index (κ3) is 5.58. The zero-order valence-corrected chi connectivity index (χ0v) is 10.5. The lowest BCUT2D eigenvalue weighted by Gasteiger charge is -2.09. The van der Waals surface area contributed by atoms with E-state index in [4.69, 9.17) is 10.2 Å². The van der Waals surface area contributed by atoms with Gasteiger partial charge in [0.25, 0.3) is 0 Å². The normalized spacial score (nSPS) is 12.1. The number of hydrogen-bond donors (Lipinski definition) is 4. The van der Waals surface area contributed by atoms with E-state index in [1.807, 2.05) is 0 Å². The van der Waals surface area contributed by atoms with Gasteiger partial charge in [0.15, 0.2) is 0 Å². The van der Waals surface area contributed by atoms with Gasteiger partial charge < -0.3 is 20.8 Å². The van der Waals surface area contributed by atoms with Crippen molar-refractivity contribution in [3.63, 3.8) is 0 Å². The van der Waals surface area contributed by atoms with E-state index in [2.05, 4.69) is 10.6 Å². The second kappa shape index (κ2) is 7.05. The zero-order chi connectivity index (χ0) is 14.3. The lowest BCUT2D eigenvalue weighted by atomic mass is 10.1. The third-order valence-corrected chi connectivity index (χ3v) is 2.37. The quantitative estimate of drug-likeness (QED) is 0.642. The Balaban J connectivity index is 2.35. The molecular weight excluding hydrogens is 248 g/mol. The molecule has 0 aliphatic rings. The fourth-order valence-electron chi connectivity index (χ4n) is 1.34. The molecule has 1 unspecified atom stereocenters. The molecule has 0 aliphatic heterocycles. The molecule has 4 N–H and O–H groups in total. The van der Waals surface area contributed by atoms with Crippen molar-refractivity contribution in [3.05, 3.63) is 42.1 Å². The van der Waals surface area contributed by atoms with Gasteiger partial charge in [-0.25, -0.2) is 4.79 Å². The van der Waals surface area contributed by atoms with E-state index in [1.54, 1.807) is 30.3 Å². The molecule has 0 spiro atoms. The Morgan fingerprint density at radius 3 is 2.53 bits per heavy atom. The van der Waals surface area contributed by atoms with Gasteiger partial charge in [-0.05, 0) is 31.0 Å². The van der Waals surface area contributed by atoms with E-state index in [1.165, 1.54) is 13.1 Å². The Labute approximate surface area is 110 Å². The second-order valence-corrected chi connectivity index (χ2v) is 3.95. The maximum absolute atomic E-state index is 11.4. The van der Waals surface area contributed by atoms with Crippen molar-refractivity contribution in [2.45, 2.75) is 19.4 Å². The first-order chi connectivity index (χ1) is 8.99. The maximum Gasteiger partial charge on any atom is 0.405 e. The number of hydrogen-bond acceptors (Lipinski definition) is 3. The van der Waals surface area contributed by atoms with Gasteiger partial charge in [0.2, 0.25) is 5.91 Å². The van der Waals surface area contributed by atoms with Crippen molar-refractivity contribution in [1.29, 1.82) is 0 Å². The van der Waals surface area contributed by atoms with Gasteiger partial charge in [0.1, 0.15) is 11.8 Å². The molecule has 0 radical (unpaired) electrons. The number of allylic oxidation sites excluding steroid dienone is 1. The molecule has 1 aromatic rings. The van der Waals surface area contributed by atoms with Crippen LogP contribution in [0.2, 0.25) is 0 Å². The van der Waals surface area contributed by atoms with E-state index in [9.17, 15) is 9.59 Å². The molecule has 0 bridgehead atoms. The number of nitrogens with one attached hydrogen (secondary N) is 2. The lowest BCUT2D eigenvalue weighted by Crippen LogP contribution is -2.42. The van der Waals surface area contributed by atoms with Crippen LogP contribution in [0, 0.1) is 0 Å². The van der Waals surface area contributed by atoms with E-state index in [-0.39, 0.29) is 5.75 Å². The number of carbonyl (C=O) groups excluding carboxylic acids is 1. The Hall–Kier alpha value is -2.50. The van der Waals surface area contributed by atoms with Crippen LogP contribution in [0.25, 0.3) is 0 Å². The first kappa shape index (κ1) is 14.6. The van der Waals surface area contributed by atoms with Crippen LogP contribution in [0.5, 0.6) is 5.75 Å². The molecule has 0 saturated carbocycles. The minimum atomic E-state index is -1.24. The molecule has 102 valence electrons. The smallest absolute Gasteiger partial charge is 0.405 e. The van der Waals surface area contributed by atoms with Crippen molar-refractivity contribution in [2.24, 2.45) is 0 Å². The SMILES string of the molecule is CC(NC(=O)O)C(=O)N/C=C/Cc1ccc(O)cc1. The molecule has 2 amide bonds. The van der Waals surface area contributed by atoms with Crippen molar-refractivity contribution in [2.75, 3.05) is 0 Å². The molecule has 0 aliphatic carbocycles. The highest BCUT2D eigenvalue weighted by Crippen LogP contribution is 2.09. The summed E-state index contributed by atoms with van der Waals surface area (Å²) in [4.78, 5) is 21.7. The molecule has 0 saturated heterocycles. The summed E-state index contributed by atoms with van der Waals surface area (Å²) in [6.45, 7) is 1.46. The van der Waals surface area contributed by atoms with Crippen LogP contribution < -0.4 is 10.6 Å². The van der Waals surface area contributed by atoms with Crippen LogP contribution in [0.1, 0.15) is 12.5 Å². The Morgan fingerprint density at radius 1 is 1.32 bits per heavy atom. The fraction of sp³-hybridized carbons (Fsp3) is 0.231. The van der Waals surface area contributed by atoms with Gasteiger partial charge in [-0.1, -0.05) is 18.2 Å². The summed E-state index contributed by atoms with van der Waals surface area (Å²) >= 11 is 0. The van der Waals surface area contributed by atoms with Crippen molar-refractivity contribution in [3.8, 4) is 5.75 Å². The molecule has 1 atom stereocenters. The summed E-state index contributed by atoms with van der Waals surface area (Å²) in [5.41, 5.74) is 0.986. The number of carbonyl (C=O) groups is 2. The van der Waals surface area contributed by atoms with Crippen LogP contribution in [0.3, 0.4) is 0 Å². The molecule has 0 heterocycles. The van der Waals surface area contributed by atoms with Gasteiger partial charge in [0.05, 0.1) is 0 Å². The topological polar surface area (TPSA) is 98.7 Å². The Kier molecular flexibility index (Phi) is 5.40. The van der Waals surface area contributed by atoms with Crippen molar-refractivity contribution >= 4 is 12.0 Å². The van der Waals surface area contributed by atoms with Crippen LogP contribution in [-0.2, 0) is 11.2 Å². The van der Waals surface area contributed by atoms with E-state index in [0.29, 0.717) is 6.42 Å². The number of phenols is 1. The zero-order valence-electron chi connectivity index (χ0n) is 10.5. The Bertz CT molecular complexity index is 468. The molecule has 1 aromatic carbocycles. The lowest BCUT2D eigenvalue weighted by molar-refractivity contribution is -0.121. The summed E-state index contributed by atoms with van der Waals surface area (Å²) in [7, 11) is 0. The van der Waals surface area contributed by atoms with E-state index < -0.39 is 18.0 Å². The highest BCUT2D eigenvalue weighted by atomic mass is 16.4. The van der Waals surface area contributed by atoms with Crippen LogP contribution in [0.4, 0.5) is 4.79 Å². The molecule has 0 aromatic heterocycles. The van der Waals surface area contributed by atoms with E-state index in [0.717, 1.165) is 5.56 Å². The van der Waals surface area contributed by atoms with Crippen LogP contribution in [0.15, 0.2) is 36.5 Å². The van der Waals surface area contributed by atoms with Gasteiger partial charge in [0, 0.05) is 6.20 Å². The summed E-state index contributed by atoms with van der Waals surface area (Å²) in [6.07, 6.45) is 2.56. The minimum Gasteiger partial charge on any atom is -0.508 e. The second-order valence-electron chi connectivity index (χ2n) is 3.95. The highest BCUT2D eigenvalue weighted by molar-refractivity contribution is 5.85. The third-order valence-electron chi connectivity index (χ3n) is 2.37. The van der Waals surface area contributed by atoms with Gasteiger partial charge in [-0.15, -0.1) is 0 Å². The fourth-order valence-corrected chi connectivity index (χ4v) is 1.34. The standard InChI is InChI=1S/C13H16N2O4/c1-9(15-13(18)19)12(17)14-8-2-3-10-4-6-11(16)7-5-10/h2,4-9,15-16H,3H2,1H3,(H,14,17)(H,18,19)/b8-2+. The highest BCUT2D eigenvalue weighted by Gasteiger charge is 2.12. The molecule has 1 rings (SSSR count). The van der Waals surface area contributed by atoms with Crippen LogP contribution in [-0.4, -0.2) is 28.3 Å². The van der Waals surface area contributed by atoms with Gasteiger partial charge in [-0.3, -0.25) is 4.79 Å². The van der Waals surface area contributed by atoms with Crippen molar-refractivity contribution in [1.82, 2.24) is 10.6 Å². The van der Waals surface area contributed by atoms with Crippen molar-refractivity contribution < 1.29 is 19.8 Å². The minimum absolute atomic E-state index is 0.203. The molecule has 19 heavy (non-hydrogen) atoms. The predicted molar refractivity (Wildman–Crippen MR) is 69.7 cm³/mol. The predicted octanol–water partition coefficient (Wildman–Crippen LogP) is 1.22. The first-order valence-corrected chi connectivity index (χ1v) is 5.72. The number of amides is 2. The summed E-state index contributed by atoms with van der Waals surface area (Å²) in [5, 5.41) is 22.1. The number of carboxylic acid groups (broad SMARTS) is 1. The largest absolute Gasteiger partial charge is 0.508 e. The van der Waals surface area contributed by atoms with Crippen LogP contribution >= 0.6 is 0 Å². The number of aromatic hydroxyl groups is 1. The van der Waals surface area contributed by atoms with Gasteiger partial charge >= 0.3 is 6.09 Å². The van der Waals surface area contributed by atoms with E-state index >= 15 is 0 Å². The average Bonchev–Trinajstić information content (AvgIpc) is 2.35. The first-order valence-electron chi connectivity index (χ1n) is 5.72. The summed E-state index contributed by atoms with van der Waals surface area (Å²) < 4.78 is 0. The molecule has 0 fully saturated rings. The molecular formula is C13H16N2O4. The monoisotopic (exact) mass is 264 g/mol. The number of benzene rings is 1. The average molecular weight is 264 g/mol. The summed E-state index contributed by atoms with van der Waals surface area (Å²) in [6, 6.07) is 5.91. The number of phenolic OH excluding ortho intramolecular Hbond substituents is 1.